The summed E-state index contributed by atoms with van der Waals surface area (Å²) in [6.45, 7) is 1.30. The molecule has 8 heteroatoms. The monoisotopic (exact) mass is 476 g/mol. The van der Waals surface area contributed by atoms with E-state index < -0.39 is 0 Å². The smallest absolute Gasteiger partial charge is 0.278 e. The number of nitrogens with zero attached hydrogens (tertiary/aromatic N) is 3. The summed E-state index contributed by atoms with van der Waals surface area (Å²) in [5.41, 5.74) is 4.09. The summed E-state index contributed by atoms with van der Waals surface area (Å²) in [6, 6.07) is 19.9. The van der Waals surface area contributed by atoms with E-state index in [-0.39, 0.29) is 17.2 Å². The molecule has 2 heterocycles. The largest absolute Gasteiger partial charge is 0.383 e. The highest BCUT2D eigenvalue weighted by atomic mass is 32.2. The van der Waals surface area contributed by atoms with Gasteiger partial charge < -0.3 is 14.6 Å². The summed E-state index contributed by atoms with van der Waals surface area (Å²) in [6.07, 6.45) is 2.70. The van der Waals surface area contributed by atoms with Crippen LogP contribution in [0, 0.1) is 0 Å². The zero-order chi connectivity index (χ0) is 23.9. The normalized spacial score (nSPS) is 11.1. The maximum absolute atomic E-state index is 13.4. The van der Waals surface area contributed by atoms with Gasteiger partial charge in [0.05, 0.1) is 18.9 Å². The van der Waals surface area contributed by atoms with Crippen molar-refractivity contribution >= 4 is 28.7 Å². The van der Waals surface area contributed by atoms with Crippen LogP contribution >= 0.6 is 11.8 Å². The first-order chi connectivity index (χ1) is 16.6. The molecule has 0 atom stereocenters. The highest BCUT2D eigenvalue weighted by molar-refractivity contribution is 7.99. The second kappa shape index (κ2) is 11.2. The third kappa shape index (κ3) is 5.40. The summed E-state index contributed by atoms with van der Waals surface area (Å²) >= 11 is 1.27. The second-order valence-corrected chi connectivity index (χ2v) is 8.88. The summed E-state index contributed by atoms with van der Waals surface area (Å²) in [5.74, 6) is 0.0812. The molecule has 1 N–H and O–H groups in total. The van der Waals surface area contributed by atoms with E-state index in [1.54, 1.807) is 11.7 Å². The molecule has 0 spiro atoms. The van der Waals surface area contributed by atoms with Crippen LogP contribution in [0.25, 0.3) is 22.2 Å². The van der Waals surface area contributed by atoms with E-state index in [9.17, 15) is 9.59 Å². The summed E-state index contributed by atoms with van der Waals surface area (Å²) in [4.78, 5) is 30.8. The number of carbonyl (C=O) groups is 1. The first-order valence-corrected chi connectivity index (χ1v) is 12.1. The molecule has 0 radical (unpaired) electrons. The lowest BCUT2D eigenvalue weighted by atomic mass is 10.1. The molecule has 7 nitrogen and oxygen atoms in total. The third-order valence-electron chi connectivity index (χ3n) is 5.56. The van der Waals surface area contributed by atoms with E-state index >= 15 is 0 Å². The Morgan fingerprint density at radius 3 is 2.50 bits per heavy atom. The van der Waals surface area contributed by atoms with Gasteiger partial charge in [-0.2, -0.15) is 0 Å². The molecule has 0 aliphatic rings. The molecule has 0 bridgehead atoms. The number of ether oxygens (including phenoxy) is 1. The lowest BCUT2D eigenvalue weighted by Gasteiger charge is -2.12. The molecule has 0 saturated heterocycles. The van der Waals surface area contributed by atoms with Gasteiger partial charge in [-0.15, -0.1) is 0 Å². The van der Waals surface area contributed by atoms with Crippen molar-refractivity contribution in [2.24, 2.45) is 7.05 Å². The summed E-state index contributed by atoms with van der Waals surface area (Å²) in [5, 5.41) is 3.46. The number of fused-ring (bicyclic) bond motifs is 1. The van der Waals surface area contributed by atoms with E-state index in [1.165, 1.54) is 17.3 Å². The molecular formula is C26H28N4O3S. The van der Waals surface area contributed by atoms with Crippen LogP contribution in [0.1, 0.15) is 5.56 Å². The summed E-state index contributed by atoms with van der Waals surface area (Å²) in [7, 11) is 3.45. The second-order valence-electron chi connectivity index (χ2n) is 7.94. The van der Waals surface area contributed by atoms with Gasteiger partial charge in [0.1, 0.15) is 11.0 Å². The molecule has 4 rings (SSSR count). The Bertz CT molecular complexity index is 1320. The predicted molar refractivity (Wildman–Crippen MR) is 136 cm³/mol. The number of hydrogen-bond donors (Lipinski definition) is 1. The zero-order valence-corrected chi connectivity index (χ0v) is 20.2. The molecule has 176 valence electrons. The van der Waals surface area contributed by atoms with Crippen LogP contribution in [0.5, 0.6) is 0 Å². The fourth-order valence-electron chi connectivity index (χ4n) is 3.84. The fraction of sp³-hybridized carbons (Fsp3) is 0.269. The van der Waals surface area contributed by atoms with Crippen LogP contribution in [0.3, 0.4) is 0 Å². The van der Waals surface area contributed by atoms with Crippen LogP contribution in [0.2, 0.25) is 0 Å². The van der Waals surface area contributed by atoms with Gasteiger partial charge in [0.25, 0.3) is 5.56 Å². The Morgan fingerprint density at radius 1 is 1.09 bits per heavy atom. The Morgan fingerprint density at radius 2 is 1.79 bits per heavy atom. The van der Waals surface area contributed by atoms with Crippen molar-refractivity contribution in [3.8, 4) is 11.1 Å². The average Bonchev–Trinajstić information content (AvgIpc) is 3.19. The van der Waals surface area contributed by atoms with Gasteiger partial charge in [0.2, 0.25) is 5.91 Å². The molecule has 0 aliphatic carbocycles. The number of carbonyl (C=O) groups excluding carboxylic acids is 1. The van der Waals surface area contributed by atoms with E-state index in [0.29, 0.717) is 35.9 Å². The topological polar surface area (TPSA) is 78.2 Å². The molecule has 4 aromatic rings. The van der Waals surface area contributed by atoms with E-state index in [0.717, 1.165) is 17.5 Å². The van der Waals surface area contributed by atoms with Crippen LogP contribution in [0.15, 0.2) is 76.8 Å². The van der Waals surface area contributed by atoms with Crippen molar-refractivity contribution in [3.05, 3.63) is 82.8 Å². The van der Waals surface area contributed by atoms with Crippen molar-refractivity contribution in [3.63, 3.8) is 0 Å². The molecule has 0 aliphatic heterocycles. The number of nitrogens with one attached hydrogen (secondary N) is 1. The van der Waals surface area contributed by atoms with Crippen molar-refractivity contribution in [1.29, 1.82) is 0 Å². The van der Waals surface area contributed by atoms with Gasteiger partial charge in [0, 0.05) is 32.5 Å². The van der Waals surface area contributed by atoms with Gasteiger partial charge in [-0.05, 0) is 17.5 Å². The minimum absolute atomic E-state index is 0.0927. The van der Waals surface area contributed by atoms with Crippen LogP contribution in [-0.2, 0) is 29.5 Å². The SMILES string of the molecule is COCCn1c(SCC(=O)NCCc2ccccc2)nc2c(-c3ccccc3)cn(C)c2c1=O. The van der Waals surface area contributed by atoms with Crippen molar-refractivity contribution in [2.45, 2.75) is 18.1 Å². The van der Waals surface area contributed by atoms with Gasteiger partial charge in [-0.25, -0.2) is 4.98 Å². The number of rotatable bonds is 10. The maximum atomic E-state index is 13.4. The number of aryl methyl sites for hydroxylation is 1. The Balaban J connectivity index is 1.57. The van der Waals surface area contributed by atoms with Crippen LogP contribution in [-0.4, -0.2) is 46.0 Å². The molecular weight excluding hydrogens is 448 g/mol. The number of methoxy groups -OCH3 is 1. The first kappa shape index (κ1) is 23.8. The van der Waals surface area contributed by atoms with Gasteiger partial charge >= 0.3 is 0 Å². The van der Waals surface area contributed by atoms with Gasteiger partial charge in [-0.1, -0.05) is 72.4 Å². The number of thioether (sulfide) groups is 1. The quantitative estimate of drug-likeness (QED) is 0.280. The van der Waals surface area contributed by atoms with Crippen molar-refractivity contribution in [1.82, 2.24) is 19.4 Å². The average molecular weight is 477 g/mol. The van der Waals surface area contributed by atoms with Crippen LogP contribution < -0.4 is 10.9 Å². The number of amides is 1. The minimum atomic E-state index is -0.140. The number of hydrogen-bond acceptors (Lipinski definition) is 5. The predicted octanol–water partition coefficient (Wildman–Crippen LogP) is 3.50. The van der Waals surface area contributed by atoms with Crippen molar-refractivity contribution in [2.75, 3.05) is 26.0 Å². The lowest BCUT2D eigenvalue weighted by molar-refractivity contribution is -0.118. The maximum Gasteiger partial charge on any atom is 0.278 e. The Kier molecular flexibility index (Phi) is 7.82. The lowest BCUT2D eigenvalue weighted by Crippen LogP contribution is -2.29. The highest BCUT2D eigenvalue weighted by Crippen LogP contribution is 2.29. The van der Waals surface area contributed by atoms with E-state index in [4.69, 9.17) is 9.72 Å². The molecule has 0 unspecified atom stereocenters. The number of benzene rings is 2. The molecule has 1 amide bonds. The van der Waals surface area contributed by atoms with Gasteiger partial charge in [0.15, 0.2) is 5.16 Å². The summed E-state index contributed by atoms with van der Waals surface area (Å²) < 4.78 is 8.63. The van der Waals surface area contributed by atoms with Crippen molar-refractivity contribution < 1.29 is 9.53 Å². The fourth-order valence-corrected chi connectivity index (χ4v) is 4.69. The molecule has 2 aromatic carbocycles. The standard InChI is InChI=1S/C26H28N4O3S/c1-29-17-21(20-11-7-4-8-12-20)23-24(29)25(32)30(15-16-33-2)26(28-23)34-18-22(31)27-14-13-19-9-5-3-6-10-19/h3-12,17H,13-16,18H2,1-2H3,(H,27,31). The first-order valence-electron chi connectivity index (χ1n) is 11.2. The molecule has 34 heavy (non-hydrogen) atoms. The highest BCUT2D eigenvalue weighted by Gasteiger charge is 2.19. The zero-order valence-electron chi connectivity index (χ0n) is 19.4. The third-order valence-corrected chi connectivity index (χ3v) is 6.53. The van der Waals surface area contributed by atoms with Gasteiger partial charge in [-0.3, -0.25) is 14.2 Å². The van der Waals surface area contributed by atoms with E-state index in [2.05, 4.69) is 5.32 Å². The number of aromatic nitrogens is 3. The molecule has 0 fully saturated rings. The van der Waals surface area contributed by atoms with E-state index in [1.807, 2.05) is 78.5 Å². The molecule has 2 aromatic heterocycles. The molecule has 0 saturated carbocycles. The van der Waals surface area contributed by atoms with Crippen LogP contribution in [0.4, 0.5) is 0 Å². The minimum Gasteiger partial charge on any atom is -0.383 e. The Labute approximate surface area is 202 Å². The Hall–Kier alpha value is -3.36.